The highest BCUT2D eigenvalue weighted by Gasteiger charge is 2.20. The molecule has 124 valence electrons. The molecule has 1 amide bonds. The smallest absolute Gasteiger partial charge is 0.263 e. The molecule has 0 saturated carbocycles. The van der Waals surface area contributed by atoms with Gasteiger partial charge >= 0.3 is 0 Å². The monoisotopic (exact) mass is 333 g/mol. The fraction of sp³-hybridized carbons (Fsp3) is 0.529. The van der Waals surface area contributed by atoms with Gasteiger partial charge in [0.1, 0.15) is 9.71 Å². The number of fused-ring (bicyclic) bond motifs is 1. The Morgan fingerprint density at radius 3 is 3.13 bits per heavy atom. The molecule has 1 aliphatic heterocycles. The number of aromatic nitrogens is 1. The number of anilines is 1. The zero-order valence-electron chi connectivity index (χ0n) is 13.4. The number of nitrogens with zero attached hydrogens (tertiary/aromatic N) is 1. The second-order valence-corrected chi connectivity index (χ2v) is 6.95. The van der Waals surface area contributed by atoms with Crippen LogP contribution in [0.15, 0.2) is 12.1 Å². The molecule has 0 radical (unpaired) electrons. The van der Waals surface area contributed by atoms with Crippen molar-refractivity contribution in [2.45, 2.75) is 45.1 Å². The van der Waals surface area contributed by atoms with Gasteiger partial charge < -0.3 is 15.8 Å². The largest absolute Gasteiger partial charge is 0.397 e. The molecule has 1 atom stereocenters. The maximum atomic E-state index is 12.4. The summed E-state index contributed by atoms with van der Waals surface area (Å²) in [5.41, 5.74) is 7.75. The number of rotatable bonds is 6. The van der Waals surface area contributed by atoms with Crippen LogP contribution in [0.3, 0.4) is 0 Å². The summed E-state index contributed by atoms with van der Waals surface area (Å²) >= 11 is 1.37. The number of ether oxygens (including phenoxy) is 1. The number of thiophene rings is 1. The highest BCUT2D eigenvalue weighted by molar-refractivity contribution is 7.21. The summed E-state index contributed by atoms with van der Waals surface area (Å²) in [6, 6.07) is 3.99. The molecule has 1 unspecified atom stereocenters. The number of carbonyl (C=O) groups is 1. The fourth-order valence-corrected chi connectivity index (χ4v) is 3.82. The van der Waals surface area contributed by atoms with Gasteiger partial charge in [0.25, 0.3) is 5.91 Å². The summed E-state index contributed by atoms with van der Waals surface area (Å²) < 4.78 is 5.53. The number of nitrogens with one attached hydrogen (secondary N) is 1. The van der Waals surface area contributed by atoms with Crippen LogP contribution in [-0.2, 0) is 11.2 Å². The first-order chi connectivity index (χ1) is 11.2. The van der Waals surface area contributed by atoms with Crippen molar-refractivity contribution in [3.63, 3.8) is 0 Å². The number of amides is 1. The zero-order chi connectivity index (χ0) is 16.2. The van der Waals surface area contributed by atoms with Crippen LogP contribution in [0.1, 0.15) is 48.0 Å². The molecular weight excluding hydrogens is 310 g/mol. The van der Waals surface area contributed by atoms with E-state index in [4.69, 9.17) is 10.5 Å². The Bertz CT molecular complexity index is 692. The minimum atomic E-state index is -0.129. The zero-order valence-corrected chi connectivity index (χ0v) is 14.2. The van der Waals surface area contributed by atoms with Crippen LogP contribution in [0.4, 0.5) is 5.69 Å². The third kappa shape index (κ3) is 3.64. The van der Waals surface area contributed by atoms with E-state index in [2.05, 4.69) is 17.2 Å². The van der Waals surface area contributed by atoms with Gasteiger partial charge in [-0.3, -0.25) is 4.79 Å². The summed E-state index contributed by atoms with van der Waals surface area (Å²) in [6.45, 7) is 3.50. The summed E-state index contributed by atoms with van der Waals surface area (Å²) in [7, 11) is 0. The molecule has 3 heterocycles. The van der Waals surface area contributed by atoms with Gasteiger partial charge in [-0.05, 0) is 37.8 Å². The Hall–Kier alpha value is -1.66. The SMILES string of the molecule is CCCCc1ccc2c(N)c(C(=O)NCC3CCCO3)sc2n1. The lowest BCUT2D eigenvalue weighted by Gasteiger charge is -2.10. The average Bonchev–Trinajstić information content (AvgIpc) is 3.19. The van der Waals surface area contributed by atoms with E-state index in [0.717, 1.165) is 54.6 Å². The molecule has 0 aliphatic carbocycles. The van der Waals surface area contributed by atoms with E-state index in [1.165, 1.54) is 11.3 Å². The van der Waals surface area contributed by atoms with Crippen LogP contribution in [0.5, 0.6) is 0 Å². The van der Waals surface area contributed by atoms with Crippen LogP contribution in [0.2, 0.25) is 0 Å². The van der Waals surface area contributed by atoms with E-state index in [1.54, 1.807) is 0 Å². The van der Waals surface area contributed by atoms with Gasteiger partial charge in [-0.1, -0.05) is 13.3 Å². The van der Waals surface area contributed by atoms with Crippen molar-refractivity contribution in [2.75, 3.05) is 18.9 Å². The third-order valence-corrected chi connectivity index (χ3v) is 5.27. The Morgan fingerprint density at radius 2 is 2.39 bits per heavy atom. The molecule has 23 heavy (non-hydrogen) atoms. The van der Waals surface area contributed by atoms with E-state index in [0.29, 0.717) is 17.1 Å². The molecule has 1 aliphatic rings. The van der Waals surface area contributed by atoms with Crippen LogP contribution < -0.4 is 11.1 Å². The molecule has 6 heteroatoms. The Labute approximate surface area is 140 Å². The van der Waals surface area contributed by atoms with Gasteiger partial charge in [0, 0.05) is 24.2 Å². The predicted octanol–water partition coefficient (Wildman–Crippen LogP) is 3.13. The highest BCUT2D eigenvalue weighted by Crippen LogP contribution is 2.32. The molecule has 3 rings (SSSR count). The van der Waals surface area contributed by atoms with E-state index in [1.807, 2.05) is 12.1 Å². The number of nitrogen functional groups attached to an aromatic ring is 1. The quantitative estimate of drug-likeness (QED) is 0.851. The number of nitrogens with two attached hydrogens (primary N) is 1. The standard InChI is InChI=1S/C17H23N3O2S/c1-2-3-5-11-7-8-13-14(18)15(23-17(13)20-11)16(21)19-10-12-6-4-9-22-12/h7-8,12H,2-6,9-10,18H2,1H3,(H,19,21). The van der Waals surface area contributed by atoms with E-state index in [9.17, 15) is 4.79 Å². The first-order valence-corrected chi connectivity index (χ1v) is 9.08. The normalized spacial score (nSPS) is 17.7. The second kappa shape index (κ2) is 7.27. The van der Waals surface area contributed by atoms with Gasteiger partial charge in [-0.2, -0.15) is 0 Å². The number of unbranched alkanes of at least 4 members (excludes halogenated alkanes) is 1. The third-order valence-electron chi connectivity index (χ3n) is 4.16. The van der Waals surface area contributed by atoms with Crippen molar-refractivity contribution < 1.29 is 9.53 Å². The summed E-state index contributed by atoms with van der Waals surface area (Å²) in [5.74, 6) is -0.129. The first kappa shape index (κ1) is 16.2. The molecule has 2 aromatic rings. The number of aryl methyl sites for hydroxylation is 1. The second-order valence-electron chi connectivity index (χ2n) is 5.95. The van der Waals surface area contributed by atoms with Gasteiger partial charge in [0.15, 0.2) is 0 Å². The Balaban J connectivity index is 1.74. The number of carbonyl (C=O) groups excluding carboxylic acids is 1. The summed E-state index contributed by atoms with van der Waals surface area (Å²) in [6.07, 6.45) is 5.43. The minimum Gasteiger partial charge on any atom is -0.397 e. The summed E-state index contributed by atoms with van der Waals surface area (Å²) in [4.78, 5) is 18.4. The van der Waals surface area contributed by atoms with E-state index in [-0.39, 0.29) is 12.0 Å². The van der Waals surface area contributed by atoms with Crippen molar-refractivity contribution in [3.05, 3.63) is 22.7 Å². The van der Waals surface area contributed by atoms with Crippen molar-refractivity contribution in [2.24, 2.45) is 0 Å². The van der Waals surface area contributed by atoms with Gasteiger partial charge in [-0.25, -0.2) is 4.98 Å². The molecule has 0 spiro atoms. The molecule has 2 aromatic heterocycles. The molecule has 1 fully saturated rings. The Kier molecular flexibility index (Phi) is 5.13. The average molecular weight is 333 g/mol. The van der Waals surface area contributed by atoms with Crippen LogP contribution in [0.25, 0.3) is 10.2 Å². The number of hydrogen-bond acceptors (Lipinski definition) is 5. The van der Waals surface area contributed by atoms with Gasteiger partial charge in [0.05, 0.1) is 11.8 Å². The number of hydrogen-bond donors (Lipinski definition) is 2. The van der Waals surface area contributed by atoms with Gasteiger partial charge in [-0.15, -0.1) is 11.3 Å². The summed E-state index contributed by atoms with van der Waals surface area (Å²) in [5, 5.41) is 3.80. The maximum absolute atomic E-state index is 12.4. The topological polar surface area (TPSA) is 77.2 Å². The molecule has 0 aromatic carbocycles. The van der Waals surface area contributed by atoms with Crippen molar-refractivity contribution in [1.29, 1.82) is 0 Å². The molecule has 0 bridgehead atoms. The lowest BCUT2D eigenvalue weighted by Crippen LogP contribution is -2.31. The van der Waals surface area contributed by atoms with Crippen molar-refractivity contribution in [1.82, 2.24) is 10.3 Å². The van der Waals surface area contributed by atoms with E-state index >= 15 is 0 Å². The lowest BCUT2D eigenvalue weighted by atomic mass is 10.1. The first-order valence-electron chi connectivity index (χ1n) is 8.26. The predicted molar refractivity (Wildman–Crippen MR) is 94.0 cm³/mol. The maximum Gasteiger partial charge on any atom is 0.263 e. The van der Waals surface area contributed by atoms with Crippen molar-refractivity contribution >= 4 is 33.1 Å². The van der Waals surface area contributed by atoms with Crippen molar-refractivity contribution in [3.8, 4) is 0 Å². The Morgan fingerprint density at radius 1 is 1.52 bits per heavy atom. The van der Waals surface area contributed by atoms with Gasteiger partial charge in [0.2, 0.25) is 0 Å². The lowest BCUT2D eigenvalue weighted by molar-refractivity contribution is 0.0862. The number of pyridine rings is 1. The molecular formula is C17H23N3O2S. The van der Waals surface area contributed by atoms with Crippen LogP contribution in [-0.4, -0.2) is 30.1 Å². The fourth-order valence-electron chi connectivity index (χ4n) is 2.79. The van der Waals surface area contributed by atoms with Crippen LogP contribution in [0, 0.1) is 0 Å². The van der Waals surface area contributed by atoms with Crippen LogP contribution >= 0.6 is 11.3 Å². The minimum absolute atomic E-state index is 0.129. The molecule has 5 nitrogen and oxygen atoms in total. The molecule has 3 N–H and O–H groups in total. The highest BCUT2D eigenvalue weighted by atomic mass is 32.1. The van der Waals surface area contributed by atoms with E-state index < -0.39 is 0 Å². The molecule has 1 saturated heterocycles.